The predicted molar refractivity (Wildman–Crippen MR) is 52.8 cm³/mol. The molecule has 1 heterocycles. The van der Waals surface area contributed by atoms with Crippen LogP contribution in [0.15, 0.2) is 4.52 Å². The van der Waals surface area contributed by atoms with Gasteiger partial charge in [0.2, 0.25) is 5.89 Å². The molecule has 84 valence electrons. The molecular weight excluding hydrogens is 218 g/mol. The van der Waals surface area contributed by atoms with Crippen LogP contribution in [0.25, 0.3) is 0 Å². The van der Waals surface area contributed by atoms with E-state index in [0.717, 1.165) is 19.1 Å². The summed E-state index contributed by atoms with van der Waals surface area (Å²) in [6.07, 6.45) is 3.01. The van der Waals surface area contributed by atoms with E-state index in [1.807, 2.05) is 0 Å². The number of hydrogen-bond acceptors (Lipinski definition) is 6. The lowest BCUT2D eigenvalue weighted by molar-refractivity contribution is 0.344. The molecule has 6 nitrogen and oxygen atoms in total. The molecule has 2 N–H and O–H groups in total. The maximum Gasteiger partial charge on any atom is 0.234 e. The average molecular weight is 231 g/mol. The zero-order chi connectivity index (χ0) is 11.1. The lowest BCUT2D eigenvalue weighted by atomic mass is 10.1. The number of nitrogens with zero attached hydrogens (tertiary/aromatic N) is 2. The van der Waals surface area contributed by atoms with Gasteiger partial charge in [-0.3, -0.25) is 0 Å². The van der Waals surface area contributed by atoms with Crippen LogP contribution in [-0.2, 0) is 21.0 Å². The van der Waals surface area contributed by atoms with E-state index in [-0.39, 0.29) is 17.0 Å². The van der Waals surface area contributed by atoms with E-state index in [9.17, 15) is 8.42 Å². The highest BCUT2D eigenvalue weighted by Crippen LogP contribution is 2.46. The summed E-state index contributed by atoms with van der Waals surface area (Å²) in [6.45, 7) is 0.466. The molecule has 0 spiro atoms. The maximum absolute atomic E-state index is 11.0. The van der Waals surface area contributed by atoms with E-state index in [0.29, 0.717) is 12.4 Å². The zero-order valence-corrected chi connectivity index (χ0v) is 9.25. The first-order valence-corrected chi connectivity index (χ1v) is 6.72. The van der Waals surface area contributed by atoms with Crippen molar-refractivity contribution in [1.82, 2.24) is 10.1 Å². The van der Waals surface area contributed by atoms with Gasteiger partial charge in [0.1, 0.15) is 5.75 Å². The van der Waals surface area contributed by atoms with E-state index in [2.05, 4.69) is 10.1 Å². The molecule has 1 saturated carbocycles. The minimum Gasteiger partial charge on any atom is -0.339 e. The topological polar surface area (TPSA) is 99.1 Å². The molecule has 1 aliphatic carbocycles. The number of nitrogens with two attached hydrogens (primary N) is 1. The largest absolute Gasteiger partial charge is 0.339 e. The molecule has 1 fully saturated rings. The van der Waals surface area contributed by atoms with Crippen molar-refractivity contribution in [3.63, 3.8) is 0 Å². The highest BCUT2D eigenvalue weighted by atomic mass is 32.2. The van der Waals surface area contributed by atoms with E-state index < -0.39 is 9.84 Å². The second-order valence-electron chi connectivity index (χ2n) is 4.07. The molecule has 1 aromatic heterocycles. The van der Waals surface area contributed by atoms with E-state index in [4.69, 9.17) is 10.3 Å². The summed E-state index contributed by atoms with van der Waals surface area (Å²) in [7, 11) is -3.11. The van der Waals surface area contributed by atoms with Crippen molar-refractivity contribution >= 4 is 9.84 Å². The van der Waals surface area contributed by atoms with Crippen molar-refractivity contribution in [3.8, 4) is 0 Å². The molecule has 1 aliphatic rings. The molecule has 0 saturated heterocycles. The molecule has 15 heavy (non-hydrogen) atoms. The van der Waals surface area contributed by atoms with E-state index >= 15 is 0 Å². The second-order valence-corrected chi connectivity index (χ2v) is 6.21. The standard InChI is InChI=1S/C8H13N3O3S/c1-15(12,13)4-6-10-7(14-11-6)8(5-9)2-3-8/h2-5,9H2,1H3. The third kappa shape index (κ3) is 2.18. The smallest absolute Gasteiger partial charge is 0.234 e. The minimum absolute atomic E-state index is 0.178. The fourth-order valence-electron chi connectivity index (χ4n) is 1.42. The number of rotatable bonds is 4. The Hall–Kier alpha value is -0.950. The molecule has 0 bridgehead atoms. The molecule has 0 radical (unpaired) electrons. The van der Waals surface area contributed by atoms with Gasteiger partial charge in [0, 0.05) is 12.8 Å². The van der Waals surface area contributed by atoms with Gasteiger partial charge in [-0.25, -0.2) is 8.42 Å². The third-order valence-electron chi connectivity index (χ3n) is 2.56. The normalized spacial score (nSPS) is 19.1. The van der Waals surface area contributed by atoms with Gasteiger partial charge in [0.05, 0.1) is 5.41 Å². The van der Waals surface area contributed by atoms with Crippen molar-refractivity contribution in [2.45, 2.75) is 24.0 Å². The predicted octanol–water partition coefficient (Wildman–Crippen LogP) is -0.395. The SMILES string of the molecule is CS(=O)(=O)Cc1noc(C2(CN)CC2)n1. The van der Waals surface area contributed by atoms with Crippen LogP contribution in [-0.4, -0.2) is 31.4 Å². The van der Waals surface area contributed by atoms with Gasteiger partial charge in [-0.05, 0) is 12.8 Å². The Labute approximate surface area is 87.8 Å². The van der Waals surface area contributed by atoms with Gasteiger partial charge in [-0.15, -0.1) is 0 Å². The van der Waals surface area contributed by atoms with Crippen LogP contribution in [0.3, 0.4) is 0 Å². The van der Waals surface area contributed by atoms with Gasteiger partial charge >= 0.3 is 0 Å². The van der Waals surface area contributed by atoms with Crippen molar-refractivity contribution < 1.29 is 12.9 Å². The second kappa shape index (κ2) is 3.28. The van der Waals surface area contributed by atoms with Crippen LogP contribution >= 0.6 is 0 Å². The van der Waals surface area contributed by atoms with Crippen molar-refractivity contribution in [1.29, 1.82) is 0 Å². The lowest BCUT2D eigenvalue weighted by Gasteiger charge is -2.03. The number of hydrogen-bond donors (Lipinski definition) is 1. The first kappa shape index (κ1) is 10.6. The zero-order valence-electron chi connectivity index (χ0n) is 8.43. The molecule has 0 aromatic carbocycles. The first-order valence-electron chi connectivity index (χ1n) is 4.66. The molecule has 0 unspecified atom stereocenters. The van der Waals surface area contributed by atoms with E-state index in [1.54, 1.807) is 0 Å². The lowest BCUT2D eigenvalue weighted by Crippen LogP contribution is -2.20. The Bertz CT molecular complexity index is 461. The van der Waals surface area contributed by atoms with Crippen LogP contribution in [0.5, 0.6) is 0 Å². The molecule has 0 aliphatic heterocycles. The van der Waals surface area contributed by atoms with Crippen LogP contribution < -0.4 is 5.73 Å². The number of sulfone groups is 1. The maximum atomic E-state index is 11.0. The van der Waals surface area contributed by atoms with Gasteiger partial charge in [0.25, 0.3) is 0 Å². The molecule has 0 atom stereocenters. The van der Waals surface area contributed by atoms with Gasteiger partial charge in [-0.2, -0.15) is 4.98 Å². The van der Waals surface area contributed by atoms with Crippen LogP contribution in [0, 0.1) is 0 Å². The molecule has 0 amide bonds. The monoisotopic (exact) mass is 231 g/mol. The summed E-state index contributed by atoms with van der Waals surface area (Å²) >= 11 is 0. The van der Waals surface area contributed by atoms with Crippen LogP contribution in [0.2, 0.25) is 0 Å². The quantitative estimate of drug-likeness (QED) is 0.757. The molecule has 2 rings (SSSR count). The van der Waals surface area contributed by atoms with Crippen molar-refractivity contribution in [2.24, 2.45) is 5.73 Å². The number of aromatic nitrogens is 2. The summed E-state index contributed by atoms with van der Waals surface area (Å²) in [4.78, 5) is 4.06. The minimum atomic E-state index is -3.11. The Morgan fingerprint density at radius 1 is 1.53 bits per heavy atom. The highest BCUT2D eigenvalue weighted by molar-refractivity contribution is 7.89. The molecular formula is C8H13N3O3S. The fraction of sp³-hybridized carbons (Fsp3) is 0.750. The molecule has 7 heteroatoms. The Kier molecular flexibility index (Phi) is 2.31. The average Bonchev–Trinajstić information content (AvgIpc) is 2.80. The highest BCUT2D eigenvalue weighted by Gasteiger charge is 2.48. The van der Waals surface area contributed by atoms with Gasteiger partial charge in [-0.1, -0.05) is 5.16 Å². The summed E-state index contributed by atoms with van der Waals surface area (Å²) in [6, 6.07) is 0. The third-order valence-corrected chi connectivity index (χ3v) is 3.34. The Morgan fingerprint density at radius 2 is 2.20 bits per heavy atom. The summed E-state index contributed by atoms with van der Waals surface area (Å²) in [5, 5.41) is 3.63. The Balaban J connectivity index is 2.18. The summed E-state index contributed by atoms with van der Waals surface area (Å²) in [5.74, 6) is 0.507. The summed E-state index contributed by atoms with van der Waals surface area (Å²) in [5.41, 5.74) is 5.41. The Morgan fingerprint density at radius 3 is 2.67 bits per heavy atom. The van der Waals surface area contributed by atoms with Crippen LogP contribution in [0.1, 0.15) is 24.6 Å². The molecule has 1 aromatic rings. The van der Waals surface area contributed by atoms with Crippen molar-refractivity contribution in [2.75, 3.05) is 12.8 Å². The van der Waals surface area contributed by atoms with Crippen LogP contribution in [0.4, 0.5) is 0 Å². The first-order chi connectivity index (χ1) is 6.95. The van der Waals surface area contributed by atoms with Gasteiger partial charge < -0.3 is 10.3 Å². The summed E-state index contributed by atoms with van der Waals surface area (Å²) < 4.78 is 27.0. The fourth-order valence-corrected chi connectivity index (χ4v) is 2.00. The van der Waals surface area contributed by atoms with Crippen molar-refractivity contribution in [3.05, 3.63) is 11.7 Å². The van der Waals surface area contributed by atoms with E-state index in [1.165, 1.54) is 0 Å². The van der Waals surface area contributed by atoms with Gasteiger partial charge in [0.15, 0.2) is 15.7 Å².